The molecule has 2 bridgehead atoms. The van der Waals surface area contributed by atoms with Crippen LogP contribution in [0.5, 0.6) is 0 Å². The van der Waals surface area contributed by atoms with Crippen LogP contribution in [0, 0.1) is 5.92 Å². The molecule has 1 saturated carbocycles. The summed E-state index contributed by atoms with van der Waals surface area (Å²) in [6.45, 7) is 2.28. The Morgan fingerprint density at radius 2 is 2.18 bits per heavy atom. The summed E-state index contributed by atoms with van der Waals surface area (Å²) >= 11 is 0. The van der Waals surface area contributed by atoms with Crippen LogP contribution in [0.15, 0.2) is 42.0 Å². The molecule has 0 aliphatic heterocycles. The molecule has 0 heteroatoms. The van der Waals surface area contributed by atoms with Crippen LogP contribution in [-0.2, 0) is 18.3 Å². The summed E-state index contributed by atoms with van der Waals surface area (Å²) in [7, 11) is 0. The van der Waals surface area contributed by atoms with Crippen molar-refractivity contribution in [3.05, 3.63) is 58.7 Å². The molecule has 2 unspecified atom stereocenters. The van der Waals surface area contributed by atoms with Crippen LogP contribution in [-0.4, -0.2) is 0 Å². The van der Waals surface area contributed by atoms with E-state index in [9.17, 15) is 0 Å². The summed E-state index contributed by atoms with van der Waals surface area (Å²) in [6, 6.07) is 12.0. The number of hydrogen-bond donors (Lipinski definition) is 0. The third kappa shape index (κ3) is 1.59. The van der Waals surface area contributed by atoms with Gasteiger partial charge >= 0.3 is 0 Å². The Hall–Kier alpha value is -1.56. The molecule has 1 fully saturated rings. The molecule has 0 aromatic heterocycles. The lowest BCUT2D eigenvalue weighted by Gasteiger charge is -2.42. The number of benzene rings is 2. The van der Waals surface area contributed by atoms with E-state index < -0.39 is 0 Å². The zero-order chi connectivity index (χ0) is 14.7. The number of fused-ring (bicyclic) bond motifs is 6. The molecule has 2 aromatic carbocycles. The minimum atomic E-state index is 0.493. The second-order valence-electron chi connectivity index (χ2n) is 7.69. The fourth-order valence-electron chi connectivity index (χ4n) is 5.66. The lowest BCUT2D eigenvalue weighted by Crippen LogP contribution is -2.35. The molecule has 2 atom stereocenters. The maximum absolute atomic E-state index is 2.60. The Morgan fingerprint density at radius 1 is 1.23 bits per heavy atom. The molecule has 0 amide bonds. The number of allylic oxidation sites excluding steroid dienone is 2. The van der Waals surface area contributed by atoms with Gasteiger partial charge in [0.2, 0.25) is 0 Å². The summed E-state index contributed by atoms with van der Waals surface area (Å²) < 4.78 is 0. The van der Waals surface area contributed by atoms with E-state index in [0.29, 0.717) is 5.41 Å². The molecule has 3 aliphatic rings. The van der Waals surface area contributed by atoms with Gasteiger partial charge in [-0.15, -0.1) is 0 Å². The molecule has 0 heterocycles. The average molecular weight is 288 g/mol. The van der Waals surface area contributed by atoms with Crippen molar-refractivity contribution in [2.24, 2.45) is 5.92 Å². The van der Waals surface area contributed by atoms with Crippen molar-refractivity contribution in [1.29, 1.82) is 0 Å². The predicted molar refractivity (Wildman–Crippen MR) is 93.4 cm³/mol. The van der Waals surface area contributed by atoms with Gasteiger partial charge in [0.1, 0.15) is 0 Å². The Labute approximate surface area is 133 Å². The molecule has 0 radical (unpaired) electrons. The van der Waals surface area contributed by atoms with E-state index >= 15 is 0 Å². The van der Waals surface area contributed by atoms with E-state index in [2.05, 4.69) is 43.3 Å². The summed E-state index contributed by atoms with van der Waals surface area (Å²) in [5.74, 6) is 0.896. The van der Waals surface area contributed by atoms with Gasteiger partial charge in [0.05, 0.1) is 0 Å². The van der Waals surface area contributed by atoms with Crippen molar-refractivity contribution in [1.82, 2.24) is 0 Å². The maximum atomic E-state index is 2.60. The Balaban J connectivity index is 1.77. The minimum Gasteiger partial charge on any atom is -0.0850 e. The van der Waals surface area contributed by atoms with Gasteiger partial charge < -0.3 is 0 Å². The molecule has 0 saturated heterocycles. The van der Waals surface area contributed by atoms with Gasteiger partial charge in [-0.25, -0.2) is 0 Å². The van der Waals surface area contributed by atoms with Crippen molar-refractivity contribution in [2.75, 3.05) is 0 Å². The highest BCUT2D eigenvalue weighted by molar-refractivity contribution is 5.88. The molecule has 1 spiro atoms. The van der Waals surface area contributed by atoms with E-state index in [-0.39, 0.29) is 0 Å². The zero-order valence-electron chi connectivity index (χ0n) is 13.5. The van der Waals surface area contributed by atoms with E-state index in [1.807, 2.05) is 0 Å². The third-order valence-electron chi connectivity index (χ3n) is 6.70. The van der Waals surface area contributed by atoms with Gasteiger partial charge in [-0.1, -0.05) is 48.9 Å². The molecule has 3 aliphatic carbocycles. The van der Waals surface area contributed by atoms with Gasteiger partial charge in [0.15, 0.2) is 0 Å². The smallest absolute Gasteiger partial charge is 0.00274 e. The molecule has 2 aromatic rings. The highest BCUT2D eigenvalue weighted by Crippen LogP contribution is 2.59. The average Bonchev–Trinajstić information content (AvgIpc) is 3.14. The standard InChI is InChI=1S/C22H24/c1-2-16-5-3-6-17-12-18-7-4-10-22(21(18)13-20(16)17)14-15-8-9-19(22)11-15/h3,5-6,8,12-13,19H,2,4,7,9-11,14H2,1H3. The molecule has 0 N–H and O–H groups in total. The summed E-state index contributed by atoms with van der Waals surface area (Å²) in [6.07, 6.45) is 11.8. The van der Waals surface area contributed by atoms with Crippen molar-refractivity contribution in [2.45, 2.75) is 57.3 Å². The lowest BCUT2D eigenvalue weighted by atomic mass is 9.62. The summed E-state index contributed by atoms with van der Waals surface area (Å²) in [5, 5.41) is 2.97. The first-order chi connectivity index (χ1) is 10.8. The van der Waals surface area contributed by atoms with E-state index in [0.717, 1.165) is 12.3 Å². The van der Waals surface area contributed by atoms with Crippen LogP contribution in [0.1, 0.15) is 55.7 Å². The van der Waals surface area contributed by atoms with Crippen LogP contribution in [0.3, 0.4) is 0 Å². The van der Waals surface area contributed by atoms with Crippen molar-refractivity contribution >= 4 is 10.8 Å². The molecular formula is C22H24. The zero-order valence-corrected chi connectivity index (χ0v) is 13.5. The highest BCUT2D eigenvalue weighted by atomic mass is 14.5. The monoisotopic (exact) mass is 288 g/mol. The SMILES string of the molecule is CCc1cccc2cc3c(cc12)C1(CCC3)CC2=CCC1C2. The largest absolute Gasteiger partial charge is 0.0850 e. The third-order valence-corrected chi connectivity index (χ3v) is 6.70. The van der Waals surface area contributed by atoms with Crippen LogP contribution < -0.4 is 0 Å². The predicted octanol–water partition coefficient (Wildman–Crippen LogP) is 5.72. The van der Waals surface area contributed by atoms with Crippen molar-refractivity contribution < 1.29 is 0 Å². The van der Waals surface area contributed by atoms with Crippen LogP contribution >= 0.6 is 0 Å². The first-order valence-electron chi connectivity index (χ1n) is 9.03. The van der Waals surface area contributed by atoms with E-state index in [4.69, 9.17) is 0 Å². The molecule has 112 valence electrons. The second-order valence-corrected chi connectivity index (χ2v) is 7.69. The fraction of sp³-hybridized carbons (Fsp3) is 0.455. The fourth-order valence-corrected chi connectivity index (χ4v) is 5.66. The van der Waals surface area contributed by atoms with Crippen LogP contribution in [0.4, 0.5) is 0 Å². The first-order valence-corrected chi connectivity index (χ1v) is 9.03. The Morgan fingerprint density at radius 3 is 2.95 bits per heavy atom. The van der Waals surface area contributed by atoms with Gasteiger partial charge in [0, 0.05) is 5.41 Å². The second kappa shape index (κ2) is 4.47. The number of aryl methyl sites for hydroxylation is 2. The van der Waals surface area contributed by atoms with Crippen molar-refractivity contribution in [3.8, 4) is 0 Å². The lowest BCUT2D eigenvalue weighted by molar-refractivity contribution is 0.270. The van der Waals surface area contributed by atoms with Gasteiger partial charge in [0.25, 0.3) is 0 Å². The molecular weight excluding hydrogens is 264 g/mol. The topological polar surface area (TPSA) is 0 Å². The maximum Gasteiger partial charge on any atom is 0.00274 e. The summed E-state index contributed by atoms with van der Waals surface area (Å²) in [4.78, 5) is 0. The quantitative estimate of drug-likeness (QED) is 0.589. The van der Waals surface area contributed by atoms with Crippen molar-refractivity contribution in [3.63, 3.8) is 0 Å². The van der Waals surface area contributed by atoms with Gasteiger partial charge in [-0.2, -0.15) is 0 Å². The van der Waals surface area contributed by atoms with Gasteiger partial charge in [-0.05, 0) is 78.3 Å². The van der Waals surface area contributed by atoms with Crippen LogP contribution in [0.25, 0.3) is 10.8 Å². The normalized spacial score (nSPS) is 29.1. The molecule has 0 nitrogen and oxygen atoms in total. The highest BCUT2D eigenvalue weighted by Gasteiger charge is 2.49. The molecule has 22 heavy (non-hydrogen) atoms. The van der Waals surface area contributed by atoms with Gasteiger partial charge in [-0.3, -0.25) is 0 Å². The van der Waals surface area contributed by atoms with E-state index in [1.165, 1.54) is 54.9 Å². The summed E-state index contributed by atoms with van der Waals surface area (Å²) in [5.41, 5.74) is 7.14. The molecule has 5 rings (SSSR count). The number of rotatable bonds is 1. The Kier molecular flexibility index (Phi) is 2.63. The number of hydrogen-bond acceptors (Lipinski definition) is 0. The Bertz CT molecular complexity index is 795. The first kappa shape index (κ1) is 12.9. The minimum absolute atomic E-state index is 0.493. The van der Waals surface area contributed by atoms with E-state index in [1.54, 1.807) is 16.7 Å². The van der Waals surface area contributed by atoms with Crippen LogP contribution in [0.2, 0.25) is 0 Å².